The molecule has 9 heteroatoms. The Bertz CT molecular complexity index is 799. The quantitative estimate of drug-likeness (QED) is 0.410. The lowest BCUT2D eigenvalue weighted by Gasteiger charge is -2.34. The van der Waals surface area contributed by atoms with Gasteiger partial charge in [-0.25, -0.2) is 0 Å². The molecule has 0 saturated carbocycles. The summed E-state index contributed by atoms with van der Waals surface area (Å²) in [6.07, 6.45) is 2.90. The molecule has 1 heterocycles. The van der Waals surface area contributed by atoms with E-state index in [1.54, 1.807) is 10.9 Å². The van der Waals surface area contributed by atoms with Crippen LogP contribution in [0.3, 0.4) is 0 Å². The molecular formula is C24H43N5O4. The van der Waals surface area contributed by atoms with Gasteiger partial charge in [0.25, 0.3) is 0 Å². The Balaban J connectivity index is 2.57. The normalized spacial score (nSPS) is 13.4. The van der Waals surface area contributed by atoms with E-state index in [0.717, 1.165) is 0 Å². The first-order valence-corrected chi connectivity index (χ1v) is 11.8. The molecule has 0 aliphatic rings. The third-order valence-electron chi connectivity index (χ3n) is 6.26. The lowest BCUT2D eigenvalue weighted by atomic mass is 9.82. The van der Waals surface area contributed by atoms with E-state index in [-0.39, 0.29) is 35.9 Å². The molecule has 9 nitrogen and oxygen atoms in total. The lowest BCUT2D eigenvalue weighted by Crippen LogP contribution is -2.46. The molecule has 0 saturated heterocycles. The number of Topliss-reactive ketones (excluding diaryl/α,β-unsaturated/α-hetero) is 1. The SMILES string of the molecule is CC(C)C(=O)CCn1cc(CC(NC(=O)CCC(C)(C)OCC(C)(C)C(C)C)C(N)=O)nn1. The molecule has 188 valence electrons. The second-order valence-electron chi connectivity index (χ2n) is 10.8. The maximum atomic E-state index is 12.5. The number of amides is 2. The molecule has 1 atom stereocenters. The van der Waals surface area contributed by atoms with E-state index in [0.29, 0.717) is 37.6 Å². The molecule has 0 bridgehead atoms. The summed E-state index contributed by atoms with van der Waals surface area (Å²) >= 11 is 0. The average molecular weight is 466 g/mol. The average Bonchev–Trinajstić information content (AvgIpc) is 3.16. The second-order valence-corrected chi connectivity index (χ2v) is 10.8. The highest BCUT2D eigenvalue weighted by molar-refractivity contribution is 5.86. The minimum Gasteiger partial charge on any atom is -0.375 e. The fourth-order valence-corrected chi connectivity index (χ4v) is 2.79. The molecule has 0 aliphatic heterocycles. The molecule has 2 amide bonds. The van der Waals surface area contributed by atoms with Crippen LogP contribution in [0.1, 0.15) is 80.3 Å². The van der Waals surface area contributed by atoms with Gasteiger partial charge in [0.1, 0.15) is 11.8 Å². The number of ether oxygens (including phenoxy) is 1. The number of nitrogens with two attached hydrogens (primary N) is 1. The Morgan fingerprint density at radius 2 is 1.76 bits per heavy atom. The highest BCUT2D eigenvalue weighted by Gasteiger charge is 2.28. The minimum atomic E-state index is -0.885. The van der Waals surface area contributed by atoms with Crippen molar-refractivity contribution in [2.24, 2.45) is 23.0 Å². The summed E-state index contributed by atoms with van der Waals surface area (Å²) in [4.78, 5) is 36.2. The number of ketones is 1. The second kappa shape index (κ2) is 12.3. The van der Waals surface area contributed by atoms with Gasteiger partial charge in [0.15, 0.2) is 0 Å². The molecule has 3 N–H and O–H groups in total. The maximum absolute atomic E-state index is 12.5. The summed E-state index contributed by atoms with van der Waals surface area (Å²) in [6.45, 7) is 17.3. The number of aromatic nitrogens is 3. The summed E-state index contributed by atoms with van der Waals surface area (Å²) in [5.74, 6) is -0.314. The van der Waals surface area contributed by atoms with E-state index in [2.05, 4.69) is 43.3 Å². The van der Waals surface area contributed by atoms with Crippen molar-refractivity contribution >= 4 is 17.6 Å². The zero-order valence-corrected chi connectivity index (χ0v) is 21.6. The van der Waals surface area contributed by atoms with Crippen molar-refractivity contribution in [1.29, 1.82) is 0 Å². The lowest BCUT2D eigenvalue weighted by molar-refractivity contribution is -0.128. The van der Waals surface area contributed by atoms with Gasteiger partial charge < -0.3 is 15.8 Å². The summed E-state index contributed by atoms with van der Waals surface area (Å²) in [5, 5.41) is 10.7. The van der Waals surface area contributed by atoms with Crippen molar-refractivity contribution in [2.75, 3.05) is 6.61 Å². The van der Waals surface area contributed by atoms with Gasteiger partial charge in [0.2, 0.25) is 11.8 Å². The highest BCUT2D eigenvalue weighted by atomic mass is 16.5. The fourth-order valence-electron chi connectivity index (χ4n) is 2.79. The van der Waals surface area contributed by atoms with Gasteiger partial charge in [-0.05, 0) is 31.6 Å². The summed E-state index contributed by atoms with van der Waals surface area (Å²) in [7, 11) is 0. The van der Waals surface area contributed by atoms with E-state index in [9.17, 15) is 14.4 Å². The van der Waals surface area contributed by atoms with Crippen molar-refractivity contribution in [2.45, 2.75) is 99.3 Å². The number of primary amides is 1. The zero-order valence-electron chi connectivity index (χ0n) is 21.6. The molecule has 0 aromatic carbocycles. The Hall–Kier alpha value is -2.29. The molecule has 0 fully saturated rings. The smallest absolute Gasteiger partial charge is 0.240 e. The van der Waals surface area contributed by atoms with E-state index in [1.807, 2.05) is 27.7 Å². The highest BCUT2D eigenvalue weighted by Crippen LogP contribution is 2.29. The van der Waals surface area contributed by atoms with Crippen molar-refractivity contribution in [3.8, 4) is 0 Å². The van der Waals surface area contributed by atoms with Crippen molar-refractivity contribution in [3.05, 3.63) is 11.9 Å². The molecule has 1 unspecified atom stereocenters. The Labute approximate surface area is 198 Å². The van der Waals surface area contributed by atoms with E-state index in [1.165, 1.54) is 0 Å². The first kappa shape index (κ1) is 28.7. The number of aryl methyl sites for hydroxylation is 1. The number of hydrogen-bond donors (Lipinski definition) is 2. The van der Waals surface area contributed by atoms with Crippen molar-refractivity contribution in [3.63, 3.8) is 0 Å². The van der Waals surface area contributed by atoms with Crippen molar-refractivity contribution in [1.82, 2.24) is 20.3 Å². The number of hydrogen-bond acceptors (Lipinski definition) is 6. The van der Waals surface area contributed by atoms with Crippen LogP contribution in [0.4, 0.5) is 0 Å². The van der Waals surface area contributed by atoms with Crippen LogP contribution in [0.2, 0.25) is 0 Å². The van der Waals surface area contributed by atoms with Crippen LogP contribution in [0.25, 0.3) is 0 Å². The third kappa shape index (κ3) is 10.5. The molecule has 1 aromatic heterocycles. The fraction of sp³-hybridized carbons (Fsp3) is 0.792. The Morgan fingerprint density at radius 1 is 1.12 bits per heavy atom. The molecule has 1 aromatic rings. The molecular weight excluding hydrogens is 422 g/mol. The van der Waals surface area contributed by atoms with Crippen LogP contribution in [0.5, 0.6) is 0 Å². The van der Waals surface area contributed by atoms with Crippen LogP contribution < -0.4 is 11.1 Å². The summed E-state index contributed by atoms with van der Waals surface area (Å²) < 4.78 is 7.66. The molecule has 0 aliphatic carbocycles. The first-order valence-electron chi connectivity index (χ1n) is 11.8. The number of nitrogens with one attached hydrogen (secondary N) is 1. The monoisotopic (exact) mass is 465 g/mol. The standard InChI is InChI=1S/C24H43N5O4/c1-16(2)20(30)10-12-29-14-18(27-28-29)13-19(22(25)32)26-21(31)9-11-24(7,8)33-15-23(5,6)17(3)4/h14,16-17,19H,9-13,15H2,1-8H3,(H2,25,32)(H,26,31). The van der Waals surface area contributed by atoms with Crippen LogP contribution in [0, 0.1) is 17.3 Å². The Kier molecular flexibility index (Phi) is 10.7. The number of carbonyl (C=O) groups is 3. The maximum Gasteiger partial charge on any atom is 0.240 e. The summed E-state index contributed by atoms with van der Waals surface area (Å²) in [6, 6.07) is -0.885. The third-order valence-corrected chi connectivity index (χ3v) is 6.26. The van der Waals surface area contributed by atoms with E-state index >= 15 is 0 Å². The predicted molar refractivity (Wildman–Crippen MR) is 127 cm³/mol. The van der Waals surface area contributed by atoms with Crippen LogP contribution >= 0.6 is 0 Å². The van der Waals surface area contributed by atoms with Gasteiger partial charge in [0, 0.05) is 37.9 Å². The van der Waals surface area contributed by atoms with Crippen LogP contribution in [-0.2, 0) is 32.1 Å². The van der Waals surface area contributed by atoms with Gasteiger partial charge in [0.05, 0.1) is 17.9 Å². The van der Waals surface area contributed by atoms with E-state index in [4.69, 9.17) is 10.5 Å². The van der Waals surface area contributed by atoms with Gasteiger partial charge in [-0.15, -0.1) is 5.10 Å². The van der Waals surface area contributed by atoms with Gasteiger partial charge in [-0.3, -0.25) is 19.1 Å². The number of nitrogens with zero attached hydrogens (tertiary/aromatic N) is 3. The zero-order chi connectivity index (χ0) is 25.4. The van der Waals surface area contributed by atoms with Crippen molar-refractivity contribution < 1.29 is 19.1 Å². The van der Waals surface area contributed by atoms with Gasteiger partial charge in [-0.2, -0.15) is 0 Å². The topological polar surface area (TPSA) is 129 Å². The first-order chi connectivity index (χ1) is 15.1. The van der Waals surface area contributed by atoms with E-state index < -0.39 is 17.6 Å². The Morgan fingerprint density at radius 3 is 2.30 bits per heavy atom. The van der Waals surface area contributed by atoms with Gasteiger partial charge in [-0.1, -0.05) is 46.8 Å². The number of carbonyl (C=O) groups excluding carboxylic acids is 3. The molecule has 0 radical (unpaired) electrons. The predicted octanol–water partition coefficient (Wildman–Crippen LogP) is 2.66. The van der Waals surface area contributed by atoms with Crippen LogP contribution in [0.15, 0.2) is 6.20 Å². The van der Waals surface area contributed by atoms with Gasteiger partial charge >= 0.3 is 0 Å². The van der Waals surface area contributed by atoms with Crippen LogP contribution in [-0.4, -0.2) is 50.8 Å². The number of rotatable bonds is 15. The minimum absolute atomic E-state index is 0.0282. The summed E-state index contributed by atoms with van der Waals surface area (Å²) in [5.41, 5.74) is 5.59. The molecule has 0 spiro atoms. The largest absolute Gasteiger partial charge is 0.375 e. The molecule has 33 heavy (non-hydrogen) atoms. The molecule has 1 rings (SSSR count).